The molecule has 2 saturated heterocycles. The molecule has 0 saturated carbocycles. The third-order valence-electron chi connectivity index (χ3n) is 2.34. The first-order valence-electron chi connectivity index (χ1n) is 4.23. The summed E-state index contributed by atoms with van der Waals surface area (Å²) in [5.74, 6) is 0. The summed E-state index contributed by atoms with van der Waals surface area (Å²) >= 11 is 0. The van der Waals surface area contributed by atoms with Gasteiger partial charge in [0.2, 0.25) is 0 Å². The molecule has 0 aromatic carbocycles. The van der Waals surface area contributed by atoms with E-state index in [4.69, 9.17) is 14.6 Å². The number of aliphatic hydroxyl groups is 3. The van der Waals surface area contributed by atoms with E-state index < -0.39 is 43.3 Å². The van der Waals surface area contributed by atoms with E-state index in [0.29, 0.717) is 0 Å². The van der Waals surface area contributed by atoms with Crippen LogP contribution in [-0.2, 0) is 9.47 Å². The molecule has 4 N–H and O–H groups in total. The Morgan fingerprint density at radius 1 is 1.57 bits per heavy atom. The average Bonchev–Trinajstić information content (AvgIpc) is 2.64. The minimum absolute atomic E-state index is 0.519. The molecule has 2 unspecified atom stereocenters. The van der Waals surface area contributed by atoms with Crippen LogP contribution in [0.25, 0.3) is 0 Å². The van der Waals surface area contributed by atoms with Crippen molar-refractivity contribution in [3.63, 3.8) is 0 Å². The van der Waals surface area contributed by atoms with E-state index >= 15 is 0 Å². The number of ether oxygens (including phenoxy) is 2. The van der Waals surface area contributed by atoms with Crippen molar-refractivity contribution in [1.29, 1.82) is 0 Å². The van der Waals surface area contributed by atoms with E-state index in [-0.39, 0.29) is 0 Å². The summed E-state index contributed by atoms with van der Waals surface area (Å²) in [5.41, 5.74) is 0. The zero-order valence-corrected chi connectivity index (χ0v) is 7.16. The van der Waals surface area contributed by atoms with Crippen molar-refractivity contribution < 1.29 is 29.6 Å². The Morgan fingerprint density at radius 3 is 2.86 bits per heavy atom. The number of fused-ring (bicyclic) bond motifs is 1. The molecule has 0 aliphatic carbocycles. The first kappa shape index (κ1) is 9.66. The Balaban J connectivity index is 2.05. The second kappa shape index (κ2) is 3.35. The van der Waals surface area contributed by atoms with Crippen LogP contribution in [0.15, 0.2) is 0 Å². The molecule has 2 heterocycles. The van der Waals surface area contributed by atoms with Crippen molar-refractivity contribution in [2.75, 3.05) is 6.61 Å². The quantitative estimate of drug-likeness (QED) is 0.398. The summed E-state index contributed by atoms with van der Waals surface area (Å²) in [5, 5.41) is 29.8. The van der Waals surface area contributed by atoms with Crippen molar-refractivity contribution in [2.24, 2.45) is 0 Å². The third-order valence-corrected chi connectivity index (χ3v) is 2.34. The predicted octanol–water partition coefficient (Wildman–Crippen LogP) is -2.47. The van der Waals surface area contributed by atoms with E-state index in [2.05, 4.69) is 5.32 Å². The standard InChI is InChI=1S/C7H11NO6/c9-1-2(10)4-3(11)5-6(13-4)8-7(12)14-5/h2-6,9-11H,1H2,(H,8,12)/t2?,3-,4?,5+,6+/m1/s1. The van der Waals surface area contributed by atoms with Crippen LogP contribution >= 0.6 is 0 Å². The summed E-state index contributed by atoms with van der Waals surface area (Å²) in [6, 6.07) is 0. The van der Waals surface area contributed by atoms with E-state index in [0.717, 1.165) is 0 Å². The maximum atomic E-state index is 10.7. The number of carbonyl (C=O) groups excluding carboxylic acids is 1. The van der Waals surface area contributed by atoms with Gasteiger partial charge in [0.05, 0.1) is 6.61 Å². The molecular weight excluding hydrogens is 194 g/mol. The molecule has 1 amide bonds. The minimum Gasteiger partial charge on any atom is -0.438 e. The van der Waals surface area contributed by atoms with Crippen LogP contribution < -0.4 is 5.32 Å². The lowest BCUT2D eigenvalue weighted by Gasteiger charge is -2.19. The fourth-order valence-corrected chi connectivity index (χ4v) is 1.64. The largest absolute Gasteiger partial charge is 0.438 e. The number of hydrogen-bond donors (Lipinski definition) is 4. The van der Waals surface area contributed by atoms with Gasteiger partial charge >= 0.3 is 6.09 Å². The molecule has 0 aromatic rings. The molecule has 7 heteroatoms. The van der Waals surface area contributed by atoms with Crippen molar-refractivity contribution in [1.82, 2.24) is 5.32 Å². The van der Waals surface area contributed by atoms with Gasteiger partial charge in [-0.15, -0.1) is 0 Å². The molecule has 0 aromatic heterocycles. The van der Waals surface area contributed by atoms with Gasteiger partial charge in [0.1, 0.15) is 18.3 Å². The highest BCUT2D eigenvalue weighted by atomic mass is 16.6. The number of hydrogen-bond acceptors (Lipinski definition) is 6. The van der Waals surface area contributed by atoms with Crippen LogP contribution in [-0.4, -0.2) is 58.7 Å². The smallest absolute Gasteiger partial charge is 0.409 e. The molecule has 14 heavy (non-hydrogen) atoms. The van der Waals surface area contributed by atoms with Gasteiger partial charge in [0.25, 0.3) is 0 Å². The van der Waals surface area contributed by atoms with Crippen LogP contribution in [0.4, 0.5) is 4.79 Å². The molecule has 2 fully saturated rings. The lowest BCUT2D eigenvalue weighted by atomic mass is 10.1. The Morgan fingerprint density at radius 2 is 2.29 bits per heavy atom. The predicted molar refractivity (Wildman–Crippen MR) is 41.2 cm³/mol. The second-order valence-electron chi connectivity index (χ2n) is 3.28. The zero-order chi connectivity index (χ0) is 10.3. The average molecular weight is 205 g/mol. The highest BCUT2D eigenvalue weighted by Crippen LogP contribution is 2.28. The molecule has 0 radical (unpaired) electrons. The summed E-state index contributed by atoms with van der Waals surface area (Å²) in [7, 11) is 0. The molecule has 2 aliphatic heterocycles. The lowest BCUT2D eigenvalue weighted by molar-refractivity contribution is -0.0862. The van der Waals surface area contributed by atoms with Crippen molar-refractivity contribution in [2.45, 2.75) is 30.6 Å². The first-order valence-corrected chi connectivity index (χ1v) is 4.23. The van der Waals surface area contributed by atoms with Gasteiger partial charge in [-0.05, 0) is 0 Å². The van der Waals surface area contributed by atoms with Gasteiger partial charge in [-0.1, -0.05) is 0 Å². The van der Waals surface area contributed by atoms with Crippen molar-refractivity contribution in [3.05, 3.63) is 0 Å². The highest BCUT2D eigenvalue weighted by molar-refractivity contribution is 5.70. The first-order chi connectivity index (χ1) is 6.63. The highest BCUT2D eigenvalue weighted by Gasteiger charge is 2.52. The fraction of sp³-hybridized carbons (Fsp3) is 0.857. The van der Waals surface area contributed by atoms with Crippen LogP contribution in [0.2, 0.25) is 0 Å². The van der Waals surface area contributed by atoms with Gasteiger partial charge in [0.15, 0.2) is 12.3 Å². The number of nitrogens with one attached hydrogen (secondary N) is 1. The van der Waals surface area contributed by atoms with Crippen molar-refractivity contribution >= 4 is 6.09 Å². The van der Waals surface area contributed by atoms with E-state index in [1.54, 1.807) is 0 Å². The summed E-state index contributed by atoms with van der Waals surface area (Å²) in [4.78, 5) is 10.7. The monoisotopic (exact) mass is 205 g/mol. The number of aliphatic hydroxyl groups excluding tert-OH is 3. The van der Waals surface area contributed by atoms with Crippen LogP contribution in [0.3, 0.4) is 0 Å². The van der Waals surface area contributed by atoms with Crippen LogP contribution in [0.5, 0.6) is 0 Å². The van der Waals surface area contributed by atoms with Gasteiger partial charge < -0.3 is 24.8 Å². The molecule has 5 atom stereocenters. The molecule has 0 spiro atoms. The number of rotatable bonds is 2. The van der Waals surface area contributed by atoms with E-state index in [9.17, 15) is 15.0 Å². The van der Waals surface area contributed by atoms with E-state index in [1.165, 1.54) is 0 Å². The normalized spacial score (nSPS) is 42.9. The van der Waals surface area contributed by atoms with E-state index in [1.807, 2.05) is 0 Å². The number of alkyl carbamates (subject to hydrolysis) is 1. The van der Waals surface area contributed by atoms with Gasteiger partial charge in [-0.25, -0.2) is 4.79 Å². The maximum absolute atomic E-state index is 10.7. The zero-order valence-electron chi connectivity index (χ0n) is 7.16. The molecule has 0 bridgehead atoms. The molecule has 2 rings (SSSR count). The van der Waals surface area contributed by atoms with Crippen molar-refractivity contribution in [3.8, 4) is 0 Å². The molecule has 7 nitrogen and oxygen atoms in total. The fourth-order valence-electron chi connectivity index (χ4n) is 1.64. The number of amides is 1. The maximum Gasteiger partial charge on any atom is 0.409 e. The Hall–Kier alpha value is -0.890. The van der Waals surface area contributed by atoms with Gasteiger partial charge in [-0.2, -0.15) is 0 Å². The van der Waals surface area contributed by atoms with Gasteiger partial charge in [-0.3, -0.25) is 5.32 Å². The molecule has 80 valence electrons. The SMILES string of the molecule is O=C1N[C@H]2OC(C(O)CO)[C@@H](O)[C@@H]2O1. The Kier molecular flexibility index (Phi) is 2.31. The Bertz CT molecular complexity index is 246. The lowest BCUT2D eigenvalue weighted by Crippen LogP contribution is -2.41. The summed E-state index contributed by atoms with van der Waals surface area (Å²) < 4.78 is 9.81. The summed E-state index contributed by atoms with van der Waals surface area (Å²) in [6.07, 6.45) is -5.46. The number of carbonyl (C=O) groups is 1. The van der Waals surface area contributed by atoms with Gasteiger partial charge in [0, 0.05) is 0 Å². The van der Waals surface area contributed by atoms with Crippen LogP contribution in [0.1, 0.15) is 0 Å². The third kappa shape index (κ3) is 1.34. The topological polar surface area (TPSA) is 108 Å². The second-order valence-corrected chi connectivity index (χ2v) is 3.28. The molecular formula is C7H11NO6. The Labute approximate surface area is 79.2 Å². The summed E-state index contributed by atoms with van der Waals surface area (Å²) in [6.45, 7) is -0.519. The van der Waals surface area contributed by atoms with Crippen LogP contribution in [0, 0.1) is 0 Å². The minimum atomic E-state index is -1.18. The molecule has 2 aliphatic rings.